The molecule has 0 saturated heterocycles. The van der Waals surface area contributed by atoms with Gasteiger partial charge >= 0.3 is 6.18 Å². The Hall–Kier alpha value is -2.61. The van der Waals surface area contributed by atoms with Crippen molar-refractivity contribution in [3.8, 4) is 0 Å². The number of rotatable bonds is 4. The molecule has 1 aliphatic rings. The maximum absolute atomic E-state index is 12.5. The zero-order chi connectivity index (χ0) is 20.3. The molecule has 0 atom stereocenters. The molecule has 146 valence electrons. The minimum absolute atomic E-state index is 0.161. The van der Waals surface area contributed by atoms with Crippen LogP contribution in [0.5, 0.6) is 0 Å². The Balaban J connectivity index is 1.53. The Morgan fingerprint density at radius 3 is 2.54 bits per heavy atom. The van der Waals surface area contributed by atoms with Crippen LogP contribution in [0.15, 0.2) is 53.0 Å². The zero-order valence-electron chi connectivity index (χ0n) is 14.6. The molecule has 0 bridgehead atoms. The van der Waals surface area contributed by atoms with E-state index in [9.17, 15) is 22.8 Å². The summed E-state index contributed by atoms with van der Waals surface area (Å²) >= 11 is 3.40. The Kier molecular flexibility index (Phi) is 5.88. The molecule has 0 unspecified atom stereocenters. The van der Waals surface area contributed by atoms with E-state index in [-0.39, 0.29) is 12.5 Å². The number of halogens is 4. The second-order valence-electron chi connectivity index (χ2n) is 6.24. The van der Waals surface area contributed by atoms with Crippen LogP contribution in [0.2, 0.25) is 0 Å². The molecule has 0 spiro atoms. The van der Waals surface area contributed by atoms with Gasteiger partial charge in [0.1, 0.15) is 0 Å². The van der Waals surface area contributed by atoms with E-state index >= 15 is 0 Å². The van der Waals surface area contributed by atoms with Gasteiger partial charge in [-0.2, -0.15) is 13.2 Å². The van der Waals surface area contributed by atoms with E-state index in [1.807, 2.05) is 18.2 Å². The van der Waals surface area contributed by atoms with Crippen LogP contribution in [0.1, 0.15) is 16.7 Å². The topological polar surface area (TPSA) is 49.4 Å². The Bertz CT molecular complexity index is 924. The van der Waals surface area contributed by atoms with Gasteiger partial charge in [-0.05, 0) is 54.0 Å². The number of nitrogens with zero attached hydrogens (tertiary/aromatic N) is 1. The summed E-state index contributed by atoms with van der Waals surface area (Å²) < 4.78 is 38.5. The van der Waals surface area contributed by atoms with Crippen LogP contribution in [0, 0.1) is 0 Å². The van der Waals surface area contributed by atoms with Crippen molar-refractivity contribution in [1.82, 2.24) is 5.32 Å². The van der Waals surface area contributed by atoms with Crippen LogP contribution >= 0.6 is 15.9 Å². The largest absolute Gasteiger partial charge is 0.416 e. The molecular formula is C20H16BrF3N2O2. The number of alkyl halides is 3. The van der Waals surface area contributed by atoms with E-state index < -0.39 is 17.6 Å². The monoisotopic (exact) mass is 452 g/mol. The first kappa shape index (κ1) is 20.1. The minimum atomic E-state index is -4.40. The van der Waals surface area contributed by atoms with Gasteiger partial charge in [-0.3, -0.25) is 9.59 Å². The molecule has 3 rings (SSSR count). The predicted octanol–water partition coefficient (Wildman–Crippen LogP) is 4.19. The minimum Gasteiger partial charge on any atom is -0.343 e. The number of hydrogen-bond acceptors (Lipinski definition) is 2. The predicted molar refractivity (Wildman–Crippen MR) is 104 cm³/mol. The molecule has 0 saturated carbocycles. The highest BCUT2D eigenvalue weighted by Gasteiger charge is 2.29. The highest BCUT2D eigenvalue weighted by Crippen LogP contribution is 2.30. The molecule has 0 radical (unpaired) electrons. The summed E-state index contributed by atoms with van der Waals surface area (Å²) in [5.41, 5.74) is 1.60. The molecule has 4 nitrogen and oxygen atoms in total. The van der Waals surface area contributed by atoms with Crippen molar-refractivity contribution in [3.63, 3.8) is 0 Å². The van der Waals surface area contributed by atoms with Crippen LogP contribution in [0.3, 0.4) is 0 Å². The highest BCUT2D eigenvalue weighted by atomic mass is 79.9. The maximum atomic E-state index is 12.5. The van der Waals surface area contributed by atoms with Crippen LogP contribution in [-0.2, 0) is 22.2 Å². The molecular weight excluding hydrogens is 437 g/mol. The van der Waals surface area contributed by atoms with Crippen LogP contribution in [0.25, 0.3) is 6.08 Å². The number of anilines is 1. The van der Waals surface area contributed by atoms with E-state index in [0.29, 0.717) is 12.1 Å². The summed E-state index contributed by atoms with van der Waals surface area (Å²) in [6, 6.07) is 10.1. The Morgan fingerprint density at radius 2 is 1.86 bits per heavy atom. The summed E-state index contributed by atoms with van der Waals surface area (Å²) in [4.78, 5) is 25.9. The number of fused-ring (bicyclic) bond motifs is 1. The number of carbonyl (C=O) groups excluding carboxylic acids is 2. The third-order valence-corrected chi connectivity index (χ3v) is 4.81. The first-order valence-corrected chi connectivity index (χ1v) is 9.25. The van der Waals surface area contributed by atoms with Gasteiger partial charge in [0.25, 0.3) is 0 Å². The van der Waals surface area contributed by atoms with Gasteiger partial charge in [0.05, 0.1) is 12.1 Å². The van der Waals surface area contributed by atoms with Gasteiger partial charge in [-0.1, -0.05) is 28.1 Å². The fourth-order valence-corrected chi connectivity index (χ4v) is 3.31. The lowest BCUT2D eigenvalue weighted by Gasteiger charge is -2.17. The maximum Gasteiger partial charge on any atom is 0.416 e. The first-order chi connectivity index (χ1) is 13.2. The van der Waals surface area contributed by atoms with Gasteiger partial charge in [-0.15, -0.1) is 0 Å². The molecule has 0 aromatic heterocycles. The van der Waals surface area contributed by atoms with Crippen molar-refractivity contribution < 1.29 is 22.8 Å². The quantitative estimate of drug-likeness (QED) is 0.707. The molecule has 2 amide bonds. The lowest BCUT2D eigenvalue weighted by molar-refractivity contribution is -0.137. The van der Waals surface area contributed by atoms with Crippen LogP contribution in [0.4, 0.5) is 18.9 Å². The third kappa shape index (κ3) is 4.81. The van der Waals surface area contributed by atoms with Crippen LogP contribution in [-0.4, -0.2) is 24.9 Å². The average Bonchev–Trinajstić information content (AvgIpc) is 3.07. The Morgan fingerprint density at radius 1 is 1.14 bits per heavy atom. The Labute approximate surface area is 168 Å². The van der Waals surface area contributed by atoms with Crippen molar-refractivity contribution in [2.45, 2.75) is 12.6 Å². The molecule has 0 fully saturated rings. The summed E-state index contributed by atoms with van der Waals surface area (Å²) in [5, 5.41) is 2.50. The van der Waals surface area contributed by atoms with Crippen molar-refractivity contribution in [2.24, 2.45) is 0 Å². The van der Waals surface area contributed by atoms with Crippen LogP contribution < -0.4 is 10.2 Å². The lowest BCUT2D eigenvalue weighted by Crippen LogP contribution is -2.38. The van der Waals surface area contributed by atoms with Gasteiger partial charge in [0, 0.05) is 22.8 Å². The molecule has 1 heterocycles. The third-order valence-electron chi connectivity index (χ3n) is 4.32. The summed E-state index contributed by atoms with van der Waals surface area (Å²) in [6.45, 7) is 0.396. The summed E-state index contributed by atoms with van der Waals surface area (Å²) in [5.74, 6) is -0.721. The van der Waals surface area contributed by atoms with Gasteiger partial charge in [0.15, 0.2) is 0 Å². The first-order valence-electron chi connectivity index (χ1n) is 8.46. The van der Waals surface area contributed by atoms with E-state index in [0.717, 1.165) is 34.3 Å². The van der Waals surface area contributed by atoms with Gasteiger partial charge < -0.3 is 10.2 Å². The molecule has 1 N–H and O–H groups in total. The zero-order valence-corrected chi connectivity index (χ0v) is 16.2. The molecule has 2 aromatic rings. The lowest BCUT2D eigenvalue weighted by atomic mass is 10.1. The summed E-state index contributed by atoms with van der Waals surface area (Å²) in [6.07, 6.45) is -1.07. The fraction of sp³-hybridized carbons (Fsp3) is 0.200. The molecule has 1 aliphatic heterocycles. The number of nitrogens with one attached hydrogen (secondary N) is 1. The summed E-state index contributed by atoms with van der Waals surface area (Å²) in [7, 11) is 0. The standard InChI is InChI=1S/C20H16BrF3N2O2/c21-16-6-7-17-14(11-16)9-10-26(17)19(28)12-25-18(27)8-3-13-1-4-15(5-2-13)20(22,23)24/h1-8,11H,9-10,12H2,(H,25,27)/b8-3+. The molecule has 0 aliphatic carbocycles. The fourth-order valence-electron chi connectivity index (χ4n) is 2.90. The molecule has 8 heteroatoms. The van der Waals surface area contributed by atoms with Gasteiger partial charge in [0.2, 0.25) is 11.8 Å². The van der Waals surface area contributed by atoms with E-state index in [2.05, 4.69) is 21.2 Å². The normalized spacial score (nSPS) is 13.6. The second-order valence-corrected chi connectivity index (χ2v) is 7.15. The number of amides is 2. The number of hydrogen-bond donors (Lipinski definition) is 1. The van der Waals surface area contributed by atoms with E-state index in [4.69, 9.17) is 0 Å². The molecule has 2 aromatic carbocycles. The average molecular weight is 453 g/mol. The second kappa shape index (κ2) is 8.18. The highest BCUT2D eigenvalue weighted by molar-refractivity contribution is 9.10. The smallest absolute Gasteiger partial charge is 0.343 e. The van der Waals surface area contributed by atoms with E-state index in [1.165, 1.54) is 24.3 Å². The van der Waals surface area contributed by atoms with Crippen molar-refractivity contribution in [1.29, 1.82) is 0 Å². The van der Waals surface area contributed by atoms with Crippen molar-refractivity contribution in [3.05, 3.63) is 69.7 Å². The van der Waals surface area contributed by atoms with Crippen molar-refractivity contribution in [2.75, 3.05) is 18.0 Å². The number of benzene rings is 2. The van der Waals surface area contributed by atoms with E-state index in [1.54, 1.807) is 4.90 Å². The number of carbonyl (C=O) groups is 2. The SMILES string of the molecule is O=C(/C=C/c1ccc(C(F)(F)F)cc1)NCC(=O)N1CCc2cc(Br)ccc21. The van der Waals surface area contributed by atoms with Crippen molar-refractivity contribution >= 4 is 39.5 Å². The van der Waals surface area contributed by atoms with Gasteiger partial charge in [-0.25, -0.2) is 0 Å². The molecule has 28 heavy (non-hydrogen) atoms.